The van der Waals surface area contributed by atoms with Crippen LogP contribution in [-0.2, 0) is 16.0 Å². The first-order chi connectivity index (χ1) is 9.13. The minimum atomic E-state index is -0.335. The molecule has 3 rings (SSSR count). The van der Waals surface area contributed by atoms with Crippen LogP contribution < -0.4 is 10.6 Å². The van der Waals surface area contributed by atoms with Gasteiger partial charge in [0.05, 0.1) is 6.04 Å². The molecule has 4 nitrogen and oxygen atoms in total. The van der Waals surface area contributed by atoms with E-state index < -0.39 is 0 Å². The molecule has 0 radical (unpaired) electrons. The Morgan fingerprint density at radius 3 is 2.74 bits per heavy atom. The largest absolute Gasteiger partial charge is 0.299 e. The van der Waals surface area contributed by atoms with E-state index in [-0.39, 0.29) is 29.7 Å². The Kier molecular flexibility index (Phi) is 3.06. The van der Waals surface area contributed by atoms with Gasteiger partial charge in [-0.1, -0.05) is 6.07 Å². The number of carbonyl (C=O) groups excluding carboxylic acids is 2. The minimum absolute atomic E-state index is 0.0690. The topological polar surface area (TPSA) is 58.2 Å². The zero-order chi connectivity index (χ0) is 13.4. The second-order valence-electron chi connectivity index (χ2n) is 5.10. The molecule has 0 bridgehead atoms. The van der Waals surface area contributed by atoms with Crippen molar-refractivity contribution >= 4 is 11.8 Å². The highest BCUT2D eigenvalue weighted by Gasteiger charge is 2.31. The van der Waals surface area contributed by atoms with Gasteiger partial charge in [-0.3, -0.25) is 20.2 Å². The monoisotopic (exact) mass is 262 g/mol. The first-order valence-electron chi connectivity index (χ1n) is 6.51. The Balaban J connectivity index is 1.73. The molecule has 1 saturated heterocycles. The molecule has 1 aromatic carbocycles. The molecule has 2 aliphatic rings. The van der Waals surface area contributed by atoms with Crippen LogP contribution >= 0.6 is 0 Å². The Morgan fingerprint density at radius 2 is 1.95 bits per heavy atom. The number of carbonyl (C=O) groups is 2. The summed E-state index contributed by atoms with van der Waals surface area (Å²) in [6.07, 6.45) is 2.57. The molecule has 100 valence electrons. The van der Waals surface area contributed by atoms with E-state index in [4.69, 9.17) is 0 Å². The average Bonchev–Trinajstić information content (AvgIpc) is 2.75. The number of hydrogen-bond donors (Lipinski definition) is 2. The maximum Gasteiger partial charge on any atom is 0.243 e. The SMILES string of the molecule is O=C1CCC(NC2CCc3cc(F)ccc32)C(=O)N1. The fraction of sp³-hybridized carbons (Fsp3) is 0.429. The fourth-order valence-corrected chi connectivity index (χ4v) is 2.85. The van der Waals surface area contributed by atoms with Crippen LogP contribution in [0.1, 0.15) is 36.4 Å². The van der Waals surface area contributed by atoms with Crippen LogP contribution in [-0.4, -0.2) is 17.9 Å². The molecule has 0 spiro atoms. The van der Waals surface area contributed by atoms with E-state index in [0.717, 1.165) is 24.0 Å². The number of aryl methyl sites for hydroxylation is 1. The second-order valence-corrected chi connectivity index (χ2v) is 5.10. The Morgan fingerprint density at radius 1 is 1.16 bits per heavy atom. The zero-order valence-corrected chi connectivity index (χ0v) is 10.4. The van der Waals surface area contributed by atoms with Gasteiger partial charge in [0.2, 0.25) is 11.8 Å². The smallest absolute Gasteiger partial charge is 0.243 e. The third kappa shape index (κ3) is 2.38. The summed E-state index contributed by atoms with van der Waals surface area (Å²) in [5.74, 6) is -0.691. The van der Waals surface area contributed by atoms with Crippen LogP contribution in [0, 0.1) is 5.82 Å². The molecule has 1 aromatic rings. The van der Waals surface area contributed by atoms with Crippen molar-refractivity contribution < 1.29 is 14.0 Å². The molecule has 2 amide bonds. The van der Waals surface area contributed by atoms with Gasteiger partial charge in [-0.15, -0.1) is 0 Å². The summed E-state index contributed by atoms with van der Waals surface area (Å²) in [6, 6.07) is 4.52. The number of hydrogen-bond acceptors (Lipinski definition) is 3. The van der Waals surface area contributed by atoms with Crippen molar-refractivity contribution in [1.82, 2.24) is 10.6 Å². The molecule has 19 heavy (non-hydrogen) atoms. The summed E-state index contributed by atoms with van der Waals surface area (Å²) in [5, 5.41) is 5.61. The molecule has 1 heterocycles. The van der Waals surface area contributed by atoms with Crippen LogP contribution in [0.25, 0.3) is 0 Å². The summed E-state index contributed by atoms with van der Waals surface area (Å²) in [6.45, 7) is 0. The lowest BCUT2D eigenvalue weighted by molar-refractivity contribution is -0.134. The molecule has 2 atom stereocenters. The van der Waals surface area contributed by atoms with Crippen molar-refractivity contribution in [2.45, 2.75) is 37.8 Å². The quantitative estimate of drug-likeness (QED) is 0.788. The number of halogens is 1. The molecular formula is C14H15FN2O2. The van der Waals surface area contributed by atoms with Gasteiger partial charge < -0.3 is 0 Å². The van der Waals surface area contributed by atoms with E-state index in [2.05, 4.69) is 10.6 Å². The van der Waals surface area contributed by atoms with E-state index in [1.807, 2.05) is 0 Å². The van der Waals surface area contributed by atoms with Gasteiger partial charge in [-0.25, -0.2) is 4.39 Å². The minimum Gasteiger partial charge on any atom is -0.299 e. The van der Waals surface area contributed by atoms with Gasteiger partial charge in [0.1, 0.15) is 5.82 Å². The molecule has 2 unspecified atom stereocenters. The van der Waals surface area contributed by atoms with Crippen LogP contribution in [0.5, 0.6) is 0 Å². The standard InChI is InChI=1S/C14H15FN2O2/c15-9-2-3-10-8(7-9)1-4-11(10)16-12-5-6-13(18)17-14(12)19/h2-3,7,11-12,16H,1,4-6H2,(H,17,18,19). The zero-order valence-electron chi connectivity index (χ0n) is 10.4. The number of amides is 2. The second kappa shape index (κ2) is 4.74. The van der Waals surface area contributed by atoms with Crippen molar-refractivity contribution in [2.75, 3.05) is 0 Å². The van der Waals surface area contributed by atoms with Crippen LogP contribution in [0.3, 0.4) is 0 Å². The molecule has 0 aromatic heterocycles. The van der Waals surface area contributed by atoms with Gasteiger partial charge in [-0.05, 0) is 42.5 Å². The fourth-order valence-electron chi connectivity index (χ4n) is 2.85. The molecule has 1 aliphatic heterocycles. The number of imide groups is 1. The molecular weight excluding hydrogens is 247 g/mol. The van der Waals surface area contributed by atoms with Crippen LogP contribution in [0.4, 0.5) is 4.39 Å². The van der Waals surface area contributed by atoms with Gasteiger partial charge in [-0.2, -0.15) is 0 Å². The van der Waals surface area contributed by atoms with Crippen LogP contribution in [0.15, 0.2) is 18.2 Å². The van der Waals surface area contributed by atoms with Crippen molar-refractivity contribution in [2.24, 2.45) is 0 Å². The van der Waals surface area contributed by atoms with E-state index in [1.165, 1.54) is 6.07 Å². The first-order valence-corrected chi connectivity index (χ1v) is 6.51. The highest BCUT2D eigenvalue weighted by molar-refractivity contribution is 6.00. The molecule has 0 saturated carbocycles. The van der Waals surface area contributed by atoms with Crippen LogP contribution in [0.2, 0.25) is 0 Å². The summed E-state index contributed by atoms with van der Waals surface area (Å²) in [5.41, 5.74) is 2.07. The Hall–Kier alpha value is -1.75. The predicted molar refractivity (Wildman–Crippen MR) is 66.8 cm³/mol. The Labute approximate surface area is 110 Å². The average molecular weight is 262 g/mol. The highest BCUT2D eigenvalue weighted by Crippen LogP contribution is 2.32. The highest BCUT2D eigenvalue weighted by atomic mass is 19.1. The Bertz CT molecular complexity index is 544. The van der Waals surface area contributed by atoms with Gasteiger partial charge in [0, 0.05) is 12.5 Å². The summed E-state index contributed by atoms with van der Waals surface area (Å²) < 4.78 is 13.1. The van der Waals surface area contributed by atoms with Crippen molar-refractivity contribution in [1.29, 1.82) is 0 Å². The summed E-state index contributed by atoms with van der Waals surface area (Å²) in [7, 11) is 0. The van der Waals surface area contributed by atoms with E-state index in [0.29, 0.717) is 12.8 Å². The number of fused-ring (bicyclic) bond motifs is 1. The van der Waals surface area contributed by atoms with Gasteiger partial charge >= 0.3 is 0 Å². The maximum absolute atomic E-state index is 13.1. The third-order valence-electron chi connectivity index (χ3n) is 3.82. The normalized spacial score (nSPS) is 26.2. The van der Waals surface area contributed by atoms with E-state index in [1.54, 1.807) is 12.1 Å². The number of piperidine rings is 1. The van der Waals surface area contributed by atoms with Gasteiger partial charge in [0.25, 0.3) is 0 Å². The lowest BCUT2D eigenvalue weighted by Gasteiger charge is -2.25. The number of rotatable bonds is 2. The summed E-state index contributed by atoms with van der Waals surface area (Å²) in [4.78, 5) is 22.8. The molecule has 2 N–H and O–H groups in total. The van der Waals surface area contributed by atoms with Crippen molar-refractivity contribution in [3.8, 4) is 0 Å². The predicted octanol–water partition coefficient (Wildman–Crippen LogP) is 1.21. The van der Waals surface area contributed by atoms with E-state index >= 15 is 0 Å². The lowest BCUT2D eigenvalue weighted by Crippen LogP contribution is -2.51. The number of nitrogens with one attached hydrogen (secondary N) is 2. The summed E-state index contributed by atoms with van der Waals surface area (Å²) >= 11 is 0. The first kappa shape index (κ1) is 12.3. The lowest BCUT2D eigenvalue weighted by atomic mass is 10.0. The third-order valence-corrected chi connectivity index (χ3v) is 3.82. The number of benzene rings is 1. The van der Waals surface area contributed by atoms with Crippen molar-refractivity contribution in [3.05, 3.63) is 35.1 Å². The van der Waals surface area contributed by atoms with E-state index in [9.17, 15) is 14.0 Å². The molecule has 1 fully saturated rings. The van der Waals surface area contributed by atoms with Crippen molar-refractivity contribution in [3.63, 3.8) is 0 Å². The molecule has 5 heteroatoms. The molecule has 1 aliphatic carbocycles. The van der Waals surface area contributed by atoms with Gasteiger partial charge in [0.15, 0.2) is 0 Å². The maximum atomic E-state index is 13.1.